The molecule has 1 aliphatic carbocycles. The van der Waals surface area contributed by atoms with Crippen molar-refractivity contribution in [3.05, 3.63) is 23.9 Å². The molecule has 3 atom stereocenters. The molecule has 2 heterocycles. The summed E-state index contributed by atoms with van der Waals surface area (Å²) in [4.78, 5) is 18.6. The molecule has 4 nitrogen and oxygen atoms in total. The van der Waals surface area contributed by atoms with Crippen molar-refractivity contribution < 1.29 is 22.7 Å². The largest absolute Gasteiger partial charge is 0.468 e. The van der Waals surface area contributed by atoms with Gasteiger partial charge in [-0.25, -0.2) is 4.98 Å². The van der Waals surface area contributed by atoms with Crippen LogP contribution in [-0.4, -0.2) is 40.7 Å². The monoisotopic (exact) mass is 342 g/mol. The highest BCUT2D eigenvalue weighted by Crippen LogP contribution is 2.40. The van der Waals surface area contributed by atoms with Gasteiger partial charge in [-0.15, -0.1) is 0 Å². The van der Waals surface area contributed by atoms with E-state index >= 15 is 0 Å². The van der Waals surface area contributed by atoms with Crippen LogP contribution >= 0.6 is 0 Å². The van der Waals surface area contributed by atoms with E-state index in [9.17, 15) is 18.0 Å². The molecule has 1 saturated carbocycles. The molecule has 1 aromatic rings. The van der Waals surface area contributed by atoms with Crippen LogP contribution in [-0.2, 0) is 0 Å². The summed E-state index contributed by atoms with van der Waals surface area (Å²) in [6, 6.07) is 3.27. The second-order valence-corrected chi connectivity index (χ2v) is 6.70. The lowest BCUT2D eigenvalue weighted by Crippen LogP contribution is -2.42. The molecule has 132 valence electrons. The van der Waals surface area contributed by atoms with E-state index in [1.54, 1.807) is 0 Å². The van der Waals surface area contributed by atoms with E-state index in [2.05, 4.69) is 16.6 Å². The topological polar surface area (TPSA) is 42.4 Å². The molecule has 0 spiro atoms. The highest BCUT2D eigenvalue weighted by atomic mass is 19.4. The lowest BCUT2D eigenvalue weighted by Gasteiger charge is -2.33. The van der Waals surface area contributed by atoms with Crippen LogP contribution in [0.3, 0.4) is 0 Å². The molecule has 0 radical (unpaired) electrons. The van der Waals surface area contributed by atoms with Crippen molar-refractivity contribution >= 4 is 5.91 Å². The number of carbonyl (C=O) groups excluding carboxylic acids is 1. The first-order valence-corrected chi connectivity index (χ1v) is 8.33. The summed E-state index contributed by atoms with van der Waals surface area (Å²) in [7, 11) is 0. The normalized spacial score (nSPS) is 27.0. The first kappa shape index (κ1) is 17.0. The van der Waals surface area contributed by atoms with Crippen LogP contribution in [0.25, 0.3) is 0 Å². The minimum absolute atomic E-state index is 0.0910. The molecule has 3 rings (SSSR count). The number of ether oxygens (including phenoxy) is 1. The summed E-state index contributed by atoms with van der Waals surface area (Å²) in [5.41, 5.74) is 0.396. The lowest BCUT2D eigenvalue weighted by atomic mass is 9.85. The highest BCUT2D eigenvalue weighted by Gasteiger charge is 2.42. The maximum absolute atomic E-state index is 12.8. The Balaban J connectivity index is 1.68. The lowest BCUT2D eigenvalue weighted by molar-refractivity contribution is -0.154. The fourth-order valence-corrected chi connectivity index (χ4v) is 3.96. The van der Waals surface area contributed by atoms with Crippen molar-refractivity contribution in [2.45, 2.75) is 57.3 Å². The Kier molecular flexibility index (Phi) is 4.69. The zero-order valence-electron chi connectivity index (χ0n) is 13.6. The van der Waals surface area contributed by atoms with Crippen molar-refractivity contribution in [2.75, 3.05) is 6.61 Å². The fraction of sp³-hybridized carbons (Fsp3) is 0.647. The predicted molar refractivity (Wildman–Crippen MR) is 81.8 cm³/mol. The van der Waals surface area contributed by atoms with Crippen molar-refractivity contribution in [2.24, 2.45) is 5.92 Å². The minimum atomic E-state index is -4.41. The highest BCUT2D eigenvalue weighted by molar-refractivity contribution is 5.94. The van der Waals surface area contributed by atoms with Crippen LogP contribution in [0.15, 0.2) is 18.3 Å². The molecule has 3 unspecified atom stereocenters. The Morgan fingerprint density at radius 3 is 2.75 bits per heavy atom. The van der Waals surface area contributed by atoms with Gasteiger partial charge in [-0.2, -0.15) is 13.2 Å². The molecular formula is C17H21F3N2O2. The molecule has 1 saturated heterocycles. The number of hydrogen-bond donors (Lipinski definition) is 0. The van der Waals surface area contributed by atoms with Gasteiger partial charge >= 0.3 is 6.18 Å². The van der Waals surface area contributed by atoms with E-state index in [4.69, 9.17) is 0 Å². The van der Waals surface area contributed by atoms with E-state index < -0.39 is 12.8 Å². The molecule has 2 aliphatic rings. The first-order chi connectivity index (χ1) is 11.3. The van der Waals surface area contributed by atoms with Gasteiger partial charge in [0.1, 0.15) is 0 Å². The van der Waals surface area contributed by atoms with Gasteiger partial charge in [0, 0.05) is 24.3 Å². The van der Waals surface area contributed by atoms with Gasteiger partial charge in [-0.1, -0.05) is 12.8 Å². The van der Waals surface area contributed by atoms with Crippen LogP contribution in [0.2, 0.25) is 0 Å². The predicted octanol–water partition coefficient (Wildman–Crippen LogP) is 3.82. The molecule has 7 heteroatoms. The van der Waals surface area contributed by atoms with Gasteiger partial charge < -0.3 is 9.64 Å². The quantitative estimate of drug-likeness (QED) is 0.839. The van der Waals surface area contributed by atoms with Crippen LogP contribution < -0.4 is 4.74 Å². The molecule has 1 amide bonds. The molecular weight excluding hydrogens is 321 g/mol. The Hall–Kier alpha value is -1.79. The van der Waals surface area contributed by atoms with Crippen LogP contribution in [0, 0.1) is 5.92 Å². The number of pyridine rings is 1. The van der Waals surface area contributed by atoms with E-state index in [0.717, 1.165) is 19.3 Å². The molecule has 1 aromatic heterocycles. The third-order valence-corrected chi connectivity index (χ3v) is 4.95. The summed E-state index contributed by atoms with van der Waals surface area (Å²) in [6.45, 7) is 0.671. The standard InChI is InChI=1S/C17H21F3N2O2/c1-11-8-12-4-2-3-5-14(12)22(11)16(23)13-6-7-15(21-9-13)24-10-17(18,19)20/h6-7,9,11-12,14H,2-5,8,10H2,1H3. The van der Waals surface area contributed by atoms with Crippen molar-refractivity contribution in [1.82, 2.24) is 9.88 Å². The SMILES string of the molecule is CC1CC2CCCCC2N1C(=O)c1ccc(OCC(F)(F)F)nc1. The Morgan fingerprint density at radius 2 is 2.08 bits per heavy atom. The summed E-state index contributed by atoms with van der Waals surface area (Å²) in [6.07, 6.45) is 2.48. The van der Waals surface area contributed by atoms with E-state index in [1.807, 2.05) is 4.90 Å². The Bertz CT molecular complexity index is 588. The summed E-state index contributed by atoms with van der Waals surface area (Å²) in [5.74, 6) is 0.348. The number of rotatable bonds is 3. The fourth-order valence-electron chi connectivity index (χ4n) is 3.96. The average Bonchev–Trinajstić information content (AvgIpc) is 2.88. The second kappa shape index (κ2) is 6.61. The molecule has 1 aliphatic heterocycles. The van der Waals surface area contributed by atoms with Crippen molar-refractivity contribution in [3.8, 4) is 5.88 Å². The van der Waals surface area contributed by atoms with E-state index in [1.165, 1.54) is 31.2 Å². The number of halogens is 3. The van der Waals surface area contributed by atoms with Gasteiger partial charge in [0.2, 0.25) is 5.88 Å². The average molecular weight is 342 g/mol. The third kappa shape index (κ3) is 3.65. The molecule has 0 bridgehead atoms. The molecule has 2 fully saturated rings. The molecule has 24 heavy (non-hydrogen) atoms. The first-order valence-electron chi connectivity index (χ1n) is 8.33. The smallest absolute Gasteiger partial charge is 0.422 e. The number of likely N-dealkylation sites (tertiary alicyclic amines) is 1. The number of amides is 1. The van der Waals surface area contributed by atoms with Crippen LogP contribution in [0.5, 0.6) is 5.88 Å². The number of alkyl halides is 3. The van der Waals surface area contributed by atoms with Gasteiger partial charge in [0.25, 0.3) is 5.91 Å². The van der Waals surface area contributed by atoms with Crippen molar-refractivity contribution in [3.63, 3.8) is 0 Å². The van der Waals surface area contributed by atoms with Gasteiger partial charge in [-0.3, -0.25) is 4.79 Å². The minimum Gasteiger partial charge on any atom is -0.468 e. The van der Waals surface area contributed by atoms with Gasteiger partial charge in [-0.05, 0) is 38.2 Å². The number of hydrogen-bond acceptors (Lipinski definition) is 3. The number of fused-ring (bicyclic) bond motifs is 1. The maximum Gasteiger partial charge on any atom is 0.422 e. The zero-order chi connectivity index (χ0) is 17.3. The Labute approximate surface area is 139 Å². The number of aromatic nitrogens is 1. The molecule has 0 aromatic carbocycles. The van der Waals surface area contributed by atoms with Crippen molar-refractivity contribution in [1.29, 1.82) is 0 Å². The second-order valence-electron chi connectivity index (χ2n) is 6.70. The summed E-state index contributed by atoms with van der Waals surface area (Å²) >= 11 is 0. The number of nitrogens with zero attached hydrogens (tertiary/aromatic N) is 2. The summed E-state index contributed by atoms with van der Waals surface area (Å²) < 4.78 is 41.0. The zero-order valence-corrected chi connectivity index (χ0v) is 13.6. The number of carbonyl (C=O) groups is 1. The van der Waals surface area contributed by atoms with E-state index in [-0.39, 0.29) is 23.9 Å². The maximum atomic E-state index is 12.8. The van der Waals surface area contributed by atoms with Crippen LogP contribution in [0.1, 0.15) is 49.4 Å². The third-order valence-electron chi connectivity index (χ3n) is 4.95. The van der Waals surface area contributed by atoms with Gasteiger partial charge in [0.15, 0.2) is 6.61 Å². The van der Waals surface area contributed by atoms with Crippen LogP contribution in [0.4, 0.5) is 13.2 Å². The summed E-state index contributed by atoms with van der Waals surface area (Å²) in [5, 5.41) is 0. The Morgan fingerprint density at radius 1 is 1.33 bits per heavy atom. The molecule has 0 N–H and O–H groups in total. The van der Waals surface area contributed by atoms with E-state index in [0.29, 0.717) is 11.5 Å². The van der Waals surface area contributed by atoms with Gasteiger partial charge in [0.05, 0.1) is 5.56 Å².